The van der Waals surface area contributed by atoms with Crippen molar-refractivity contribution >= 4 is 28.5 Å². The fourth-order valence-corrected chi connectivity index (χ4v) is 5.11. The van der Waals surface area contributed by atoms with Gasteiger partial charge in [0, 0.05) is 15.8 Å². The highest BCUT2D eigenvalue weighted by Crippen LogP contribution is 2.39. The maximum Gasteiger partial charge on any atom is 0.196 e. The molecule has 1 aliphatic rings. The van der Waals surface area contributed by atoms with Crippen molar-refractivity contribution in [3.8, 4) is 0 Å². The first-order chi connectivity index (χ1) is 13.7. The summed E-state index contributed by atoms with van der Waals surface area (Å²) in [5.74, 6) is 0.800. The molecule has 0 unspecified atom stereocenters. The van der Waals surface area contributed by atoms with Crippen LogP contribution in [0.2, 0.25) is 5.02 Å². The molecule has 1 aliphatic carbocycles. The summed E-state index contributed by atoms with van der Waals surface area (Å²) in [6.07, 6.45) is 10.7. The monoisotopic (exact) mass is 414 g/mol. The van der Waals surface area contributed by atoms with Crippen LogP contribution < -0.4 is 0 Å². The van der Waals surface area contributed by atoms with Crippen molar-refractivity contribution in [2.45, 2.75) is 75.5 Å². The first-order valence-corrected chi connectivity index (χ1v) is 11.9. The van der Waals surface area contributed by atoms with Gasteiger partial charge in [-0.05, 0) is 79.8 Å². The first-order valence-electron chi connectivity index (χ1n) is 10.7. The lowest BCUT2D eigenvalue weighted by Crippen LogP contribution is -2.19. The number of hydrogen-bond donors (Lipinski definition) is 0. The zero-order valence-corrected chi connectivity index (χ0v) is 18.4. The lowest BCUT2D eigenvalue weighted by molar-refractivity contribution is -0.115. The molecule has 0 atom stereocenters. The smallest absolute Gasteiger partial charge is 0.196 e. The number of rotatable bonds is 8. The molecule has 0 saturated heterocycles. The molecule has 1 nitrogen and oxygen atoms in total. The normalized spacial score (nSPS) is 19.5. The number of carbonyl (C=O) groups is 1. The van der Waals surface area contributed by atoms with E-state index in [0.717, 1.165) is 30.6 Å². The number of carbonyl (C=O) groups excluding carboxylic acids is 1. The third-order valence-corrected chi connectivity index (χ3v) is 7.16. The van der Waals surface area contributed by atoms with Gasteiger partial charge in [0.2, 0.25) is 0 Å². The van der Waals surface area contributed by atoms with Crippen LogP contribution in [-0.2, 0) is 11.2 Å². The van der Waals surface area contributed by atoms with Crippen LogP contribution in [0.25, 0.3) is 0 Å². The second-order valence-corrected chi connectivity index (χ2v) is 9.49. The van der Waals surface area contributed by atoms with E-state index in [2.05, 4.69) is 31.2 Å². The number of hydrogen-bond acceptors (Lipinski definition) is 2. The highest BCUT2D eigenvalue weighted by atomic mass is 35.5. The molecule has 2 aromatic rings. The summed E-state index contributed by atoms with van der Waals surface area (Å²) < 4.78 is 0. The summed E-state index contributed by atoms with van der Waals surface area (Å²) >= 11 is 7.30. The van der Waals surface area contributed by atoms with Gasteiger partial charge in [0.05, 0.1) is 0 Å². The molecule has 0 aromatic heterocycles. The summed E-state index contributed by atoms with van der Waals surface area (Å²) in [5.41, 5.74) is 2.91. The van der Waals surface area contributed by atoms with Crippen molar-refractivity contribution in [2.75, 3.05) is 0 Å². The largest absolute Gasteiger partial charge is 0.287 e. The van der Waals surface area contributed by atoms with Crippen molar-refractivity contribution in [1.82, 2.24) is 0 Å². The molecule has 0 radical (unpaired) electrons. The molecular weight excluding hydrogens is 384 g/mol. The molecule has 0 aliphatic heterocycles. The van der Waals surface area contributed by atoms with Crippen LogP contribution in [0.5, 0.6) is 0 Å². The van der Waals surface area contributed by atoms with Crippen molar-refractivity contribution < 1.29 is 4.79 Å². The lowest BCUT2D eigenvalue weighted by atomic mass is 9.79. The van der Waals surface area contributed by atoms with E-state index in [-0.39, 0.29) is 5.92 Å². The zero-order valence-electron chi connectivity index (χ0n) is 16.8. The quantitative estimate of drug-likeness (QED) is 0.321. The van der Waals surface area contributed by atoms with Crippen LogP contribution in [0, 0.1) is 5.92 Å². The van der Waals surface area contributed by atoms with Crippen LogP contribution in [0.4, 0.5) is 0 Å². The maximum absolute atomic E-state index is 12.6. The van der Waals surface area contributed by atoms with Crippen LogP contribution in [0.1, 0.15) is 75.3 Å². The number of unbranched alkanes of at least 4 members (excludes halogenated alkanes) is 3. The van der Waals surface area contributed by atoms with Gasteiger partial charge in [-0.2, -0.15) is 0 Å². The highest BCUT2D eigenvalue weighted by Gasteiger charge is 2.27. The van der Waals surface area contributed by atoms with Crippen LogP contribution in [0.15, 0.2) is 53.4 Å². The molecule has 0 heterocycles. The highest BCUT2D eigenvalue weighted by molar-refractivity contribution is 8.13. The number of halogens is 1. The van der Waals surface area contributed by atoms with Gasteiger partial charge in [0.1, 0.15) is 0 Å². The average molecular weight is 415 g/mol. The van der Waals surface area contributed by atoms with Gasteiger partial charge in [-0.1, -0.05) is 73.8 Å². The SMILES string of the molecule is CCCCCCc1ccc(C2CCC(C(=O)Sc3ccc(Cl)cc3)CC2)cc1. The van der Waals surface area contributed by atoms with E-state index in [1.54, 1.807) is 0 Å². The van der Waals surface area contributed by atoms with Crippen LogP contribution in [-0.4, -0.2) is 5.12 Å². The van der Waals surface area contributed by atoms with E-state index in [4.69, 9.17) is 11.6 Å². The Hall–Kier alpha value is -1.25. The Morgan fingerprint density at radius 1 is 0.929 bits per heavy atom. The Bertz CT molecular complexity index is 730. The summed E-state index contributed by atoms with van der Waals surface area (Å²) in [5, 5.41) is 1.02. The van der Waals surface area contributed by atoms with Crippen molar-refractivity contribution in [3.63, 3.8) is 0 Å². The molecule has 0 N–H and O–H groups in total. The Kier molecular flexibility index (Phi) is 8.48. The fourth-order valence-electron chi connectivity index (χ4n) is 4.08. The van der Waals surface area contributed by atoms with Crippen molar-refractivity contribution in [1.29, 1.82) is 0 Å². The summed E-state index contributed by atoms with van der Waals surface area (Å²) in [7, 11) is 0. The van der Waals surface area contributed by atoms with E-state index in [0.29, 0.717) is 16.1 Å². The van der Waals surface area contributed by atoms with Gasteiger partial charge in [-0.15, -0.1) is 0 Å². The van der Waals surface area contributed by atoms with Crippen LogP contribution in [0.3, 0.4) is 0 Å². The minimum absolute atomic E-state index is 0.190. The van der Waals surface area contributed by atoms with Crippen molar-refractivity contribution in [2.24, 2.45) is 5.92 Å². The second kappa shape index (κ2) is 11.1. The summed E-state index contributed by atoms with van der Waals surface area (Å²) in [6, 6.07) is 16.8. The molecule has 150 valence electrons. The van der Waals surface area contributed by atoms with E-state index in [1.807, 2.05) is 24.3 Å². The molecule has 3 heteroatoms. The second-order valence-electron chi connectivity index (χ2n) is 7.98. The molecule has 1 fully saturated rings. The van der Waals surface area contributed by atoms with E-state index >= 15 is 0 Å². The lowest BCUT2D eigenvalue weighted by Gasteiger charge is -2.27. The zero-order chi connectivity index (χ0) is 19.8. The first kappa shape index (κ1) is 21.5. The molecule has 0 spiro atoms. The topological polar surface area (TPSA) is 17.1 Å². The Balaban J connectivity index is 1.45. The number of thioether (sulfide) groups is 1. The predicted molar refractivity (Wildman–Crippen MR) is 121 cm³/mol. The molecular formula is C25H31ClOS. The van der Waals surface area contributed by atoms with Gasteiger partial charge in [0.25, 0.3) is 0 Å². The Morgan fingerprint density at radius 2 is 1.61 bits per heavy atom. The van der Waals surface area contributed by atoms with E-state index in [1.165, 1.54) is 55.0 Å². The molecule has 3 rings (SSSR count). The van der Waals surface area contributed by atoms with E-state index in [9.17, 15) is 4.79 Å². The molecule has 28 heavy (non-hydrogen) atoms. The maximum atomic E-state index is 12.6. The van der Waals surface area contributed by atoms with Gasteiger partial charge >= 0.3 is 0 Å². The third kappa shape index (κ3) is 6.39. The standard InChI is InChI=1S/C25H31ClOS/c1-2-3-4-5-6-19-7-9-20(10-8-19)21-11-13-22(14-12-21)25(27)28-24-17-15-23(26)16-18-24/h7-10,15-18,21-22H,2-6,11-14H2,1H3. The van der Waals surface area contributed by atoms with Gasteiger partial charge in [0.15, 0.2) is 5.12 Å². The average Bonchev–Trinajstić information content (AvgIpc) is 2.73. The fraction of sp³-hybridized carbons (Fsp3) is 0.480. The molecule has 1 saturated carbocycles. The van der Waals surface area contributed by atoms with Gasteiger partial charge in [-0.25, -0.2) is 0 Å². The predicted octanol–water partition coefficient (Wildman–Crippen LogP) is 8.06. The van der Waals surface area contributed by atoms with E-state index < -0.39 is 0 Å². The Morgan fingerprint density at radius 3 is 2.25 bits per heavy atom. The molecule has 2 aromatic carbocycles. The third-order valence-electron chi connectivity index (χ3n) is 5.86. The van der Waals surface area contributed by atoms with Crippen LogP contribution >= 0.6 is 23.4 Å². The minimum atomic E-state index is 0.190. The minimum Gasteiger partial charge on any atom is -0.287 e. The summed E-state index contributed by atoms with van der Waals surface area (Å²) in [4.78, 5) is 13.6. The van der Waals surface area contributed by atoms with Crippen molar-refractivity contribution in [3.05, 3.63) is 64.7 Å². The number of benzene rings is 2. The van der Waals surface area contributed by atoms with Gasteiger partial charge in [-0.3, -0.25) is 4.79 Å². The molecule has 0 bridgehead atoms. The molecule has 0 amide bonds. The Labute approximate surface area is 179 Å². The summed E-state index contributed by atoms with van der Waals surface area (Å²) in [6.45, 7) is 2.26. The number of aryl methyl sites for hydroxylation is 1. The van der Waals surface area contributed by atoms with Gasteiger partial charge < -0.3 is 0 Å².